The number of cyclic esters (lactones) is 2. The summed E-state index contributed by atoms with van der Waals surface area (Å²) in [6.45, 7) is 7.10. The average molecular weight is 989 g/mol. The predicted molar refractivity (Wildman–Crippen MR) is 256 cm³/mol. The lowest BCUT2D eigenvalue weighted by Crippen LogP contribution is -2.37. The van der Waals surface area contributed by atoms with E-state index in [1.165, 1.54) is 45.4 Å². The van der Waals surface area contributed by atoms with Gasteiger partial charge in [-0.1, -0.05) is 31.7 Å². The highest BCUT2D eigenvalue weighted by Crippen LogP contribution is 2.39. The van der Waals surface area contributed by atoms with E-state index in [-0.39, 0.29) is 60.5 Å². The van der Waals surface area contributed by atoms with Gasteiger partial charge in [0.15, 0.2) is 23.0 Å². The molecule has 19 nitrogen and oxygen atoms in total. The minimum absolute atomic E-state index is 0. The van der Waals surface area contributed by atoms with Gasteiger partial charge in [-0.05, 0) is 73.5 Å². The summed E-state index contributed by atoms with van der Waals surface area (Å²) in [6.07, 6.45) is 2.20. The lowest BCUT2D eigenvalue weighted by molar-refractivity contribution is -0.115. The Hall–Kier alpha value is -6.49. The highest BCUT2D eigenvalue weighted by molar-refractivity contribution is 7.90. The van der Waals surface area contributed by atoms with Crippen LogP contribution in [0.5, 0.6) is 23.0 Å². The molecule has 0 saturated heterocycles. The van der Waals surface area contributed by atoms with E-state index in [9.17, 15) is 45.6 Å². The summed E-state index contributed by atoms with van der Waals surface area (Å²) < 4.78 is 72.8. The smallest absolute Gasteiger partial charge is 0.349 e. The first-order chi connectivity index (χ1) is 30.5. The van der Waals surface area contributed by atoms with E-state index in [1.54, 1.807) is 68.6 Å². The summed E-state index contributed by atoms with van der Waals surface area (Å²) in [5.74, 6) is -2.04. The first-order valence-corrected chi connectivity index (χ1v) is 23.8. The van der Waals surface area contributed by atoms with Crippen LogP contribution >= 0.6 is 13.5 Å². The van der Waals surface area contributed by atoms with E-state index in [0.717, 1.165) is 11.2 Å². The molecule has 0 aliphatic carbocycles. The molecular formula is C45H56N4O15S3. The van der Waals surface area contributed by atoms with E-state index in [2.05, 4.69) is 15.4 Å². The van der Waals surface area contributed by atoms with Crippen molar-refractivity contribution in [1.29, 1.82) is 0 Å². The Morgan fingerprint density at radius 2 is 1.12 bits per heavy atom. The number of hydrogen-bond donors (Lipinski definition) is 3. The zero-order valence-electron chi connectivity index (χ0n) is 37.4. The van der Waals surface area contributed by atoms with Crippen LogP contribution in [0.2, 0.25) is 0 Å². The van der Waals surface area contributed by atoms with Gasteiger partial charge >= 0.3 is 11.9 Å². The van der Waals surface area contributed by atoms with Gasteiger partial charge in [0.05, 0.1) is 78.6 Å². The Morgan fingerprint density at radius 1 is 0.657 bits per heavy atom. The van der Waals surface area contributed by atoms with E-state index >= 15 is 0 Å². The van der Waals surface area contributed by atoms with Crippen LogP contribution in [-0.2, 0) is 34.0 Å². The van der Waals surface area contributed by atoms with E-state index < -0.39 is 67.2 Å². The number of rotatable bonds is 15. The molecule has 364 valence electrons. The topological polar surface area (TPSA) is 270 Å². The Labute approximate surface area is 396 Å². The highest BCUT2D eigenvalue weighted by Gasteiger charge is 2.43. The number of nitrogens with one attached hydrogen (secondary N) is 2. The molecule has 0 radical (unpaired) electrons. The number of carbonyl (C=O) groups is 6. The Kier molecular flexibility index (Phi) is 20.6. The molecule has 22 heteroatoms. The summed E-state index contributed by atoms with van der Waals surface area (Å²) in [7, 11) is -3.69. The molecule has 2 aliphatic heterocycles. The number of benzene rings is 4. The second kappa shape index (κ2) is 24.3. The Balaban J connectivity index is 0.000000373. The fourth-order valence-electron chi connectivity index (χ4n) is 6.70. The lowest BCUT2D eigenvalue weighted by Gasteiger charge is -2.27. The molecule has 6 rings (SSSR count). The first-order valence-electron chi connectivity index (χ1n) is 19.7. The van der Waals surface area contributed by atoms with Crippen LogP contribution in [0.15, 0.2) is 72.8 Å². The fraction of sp³-hybridized carbons (Fsp3) is 0.333. The van der Waals surface area contributed by atoms with Gasteiger partial charge in [0.1, 0.15) is 19.7 Å². The van der Waals surface area contributed by atoms with Crippen molar-refractivity contribution < 1.29 is 69.3 Å². The molecule has 4 aromatic rings. The van der Waals surface area contributed by atoms with Crippen LogP contribution in [0.4, 0.5) is 11.4 Å². The zero-order valence-corrected chi connectivity index (χ0v) is 40.0. The molecule has 2 atom stereocenters. The largest absolute Gasteiger partial charge is 0.493 e. The molecule has 4 amide bonds. The number of hydrogen-bond acceptors (Lipinski definition) is 16. The van der Waals surface area contributed by atoms with Crippen molar-refractivity contribution in [3.05, 3.63) is 106 Å². The number of sulfone groups is 2. The van der Waals surface area contributed by atoms with Crippen molar-refractivity contribution in [3.8, 4) is 23.0 Å². The molecule has 0 bridgehead atoms. The summed E-state index contributed by atoms with van der Waals surface area (Å²) >= 11 is 0. The van der Waals surface area contributed by atoms with Crippen LogP contribution in [-0.4, -0.2) is 109 Å². The number of anilines is 2. The molecule has 0 spiro atoms. The molecule has 4 N–H and O–H groups in total. The number of carbonyl (C=O) groups excluding carboxylic acids is 6. The molecule has 4 aromatic carbocycles. The SMILES string of the molecule is C.CC(=O)Nc1cccc2c1C(=O)OC2=O.CCOc1cc([C@@H](CS(C)(=O)=O)N2C(=O)c3cccc(NC(C)=O)c3C2=O)ccc1OC.CCOc1cc([C@H](N)CS(C)(=O)=O)ccc1OC.S. The average Bonchev–Trinajstić information content (AvgIpc) is 3.66. The number of nitrogens with zero attached hydrogens (tertiary/aromatic N) is 1. The molecule has 2 aliphatic rings. The van der Waals surface area contributed by atoms with Gasteiger partial charge in [-0.3, -0.25) is 24.1 Å². The van der Waals surface area contributed by atoms with E-state index in [1.807, 2.05) is 6.92 Å². The predicted octanol–water partition coefficient (Wildman–Crippen LogP) is 5.28. The van der Waals surface area contributed by atoms with Crippen molar-refractivity contribution in [3.63, 3.8) is 0 Å². The minimum atomic E-state index is -3.60. The normalized spacial score (nSPS) is 13.3. The number of imide groups is 1. The number of methoxy groups -OCH3 is 2. The quantitative estimate of drug-likeness (QED) is 0.0777. The molecule has 0 aromatic heterocycles. The van der Waals surface area contributed by atoms with Crippen LogP contribution < -0.4 is 35.3 Å². The van der Waals surface area contributed by atoms with Gasteiger partial charge < -0.3 is 40.1 Å². The number of amides is 4. The van der Waals surface area contributed by atoms with Gasteiger partial charge in [0, 0.05) is 32.4 Å². The molecule has 2 heterocycles. The number of esters is 2. The summed E-state index contributed by atoms with van der Waals surface area (Å²) in [5, 5.41) is 5.02. The summed E-state index contributed by atoms with van der Waals surface area (Å²) in [6, 6.07) is 17.4. The third kappa shape index (κ3) is 14.8. The maximum absolute atomic E-state index is 13.3. The van der Waals surface area contributed by atoms with Gasteiger partial charge in [0.25, 0.3) is 11.8 Å². The van der Waals surface area contributed by atoms with E-state index in [0.29, 0.717) is 53.0 Å². The fourth-order valence-corrected chi connectivity index (χ4v) is 8.46. The Bertz CT molecular complexity index is 2730. The van der Waals surface area contributed by atoms with Crippen molar-refractivity contribution in [2.75, 3.05) is 62.1 Å². The molecule has 0 fully saturated rings. The van der Waals surface area contributed by atoms with Gasteiger partial charge in [0.2, 0.25) is 11.8 Å². The summed E-state index contributed by atoms with van der Waals surface area (Å²) in [4.78, 5) is 72.3. The zero-order chi connectivity index (χ0) is 48.4. The van der Waals surface area contributed by atoms with Crippen molar-refractivity contribution in [2.24, 2.45) is 5.73 Å². The Morgan fingerprint density at radius 3 is 1.58 bits per heavy atom. The van der Waals surface area contributed by atoms with Crippen LogP contribution in [0.1, 0.15) is 99.8 Å². The molecular weight excluding hydrogens is 933 g/mol. The van der Waals surface area contributed by atoms with Crippen LogP contribution in [0, 0.1) is 0 Å². The third-order valence-electron chi connectivity index (χ3n) is 9.28. The number of fused-ring (bicyclic) bond motifs is 2. The number of nitrogens with two attached hydrogens (primary N) is 1. The monoisotopic (exact) mass is 988 g/mol. The second-order valence-corrected chi connectivity index (χ2v) is 18.8. The maximum atomic E-state index is 13.3. The van der Waals surface area contributed by atoms with Gasteiger partial charge in [-0.25, -0.2) is 26.4 Å². The lowest BCUT2D eigenvalue weighted by atomic mass is 10.1. The molecule has 67 heavy (non-hydrogen) atoms. The second-order valence-electron chi connectivity index (χ2n) is 14.5. The van der Waals surface area contributed by atoms with Gasteiger partial charge in [-0.15, -0.1) is 0 Å². The molecule has 0 saturated carbocycles. The van der Waals surface area contributed by atoms with Crippen molar-refractivity contribution in [1.82, 2.24) is 4.90 Å². The van der Waals surface area contributed by atoms with Crippen molar-refractivity contribution >= 4 is 80.1 Å². The molecule has 0 unspecified atom stereocenters. The van der Waals surface area contributed by atoms with Gasteiger partial charge in [-0.2, -0.15) is 13.5 Å². The minimum Gasteiger partial charge on any atom is -0.493 e. The van der Waals surface area contributed by atoms with Crippen LogP contribution in [0.25, 0.3) is 0 Å². The summed E-state index contributed by atoms with van der Waals surface area (Å²) in [5.41, 5.74) is 7.91. The van der Waals surface area contributed by atoms with E-state index in [4.69, 9.17) is 24.7 Å². The standard InChI is InChI=1S/C22H24N2O7S.C12H19NO4S.C10H7NO4.CH4.H2S/c1-5-31-19-11-14(9-10-18(19)30-3)17(12-32(4,28)29)24-21(26)15-7-6-8-16(23-13(2)25)20(15)22(24)27;1-4-17-12-7-9(5-6-11(12)16-2)10(13)8-18(3,14)15;1-5(12)11-7-4-2-3-6-8(7)10(14)15-9(6)13;;/h6-11,17H,5,12H2,1-4H3,(H,23,25);5-7,10H,4,8,13H2,1-3H3;2-4H,1H3,(H,11,12);1H4;1H2/t17-;10-;;;/m11.../s1. The first kappa shape index (κ1) is 56.6. The highest BCUT2D eigenvalue weighted by atomic mass is 32.2. The van der Waals surface area contributed by atoms with Crippen molar-refractivity contribution in [2.45, 2.75) is 47.2 Å². The third-order valence-corrected chi connectivity index (χ3v) is 11.2. The van der Waals surface area contributed by atoms with Crippen LogP contribution in [0.3, 0.4) is 0 Å². The number of ether oxygens (including phenoxy) is 5. The maximum Gasteiger partial charge on any atom is 0.349 e.